The lowest BCUT2D eigenvalue weighted by atomic mass is 9.95. The molecule has 0 aromatic carbocycles. The highest BCUT2D eigenvalue weighted by atomic mass is 32.1. The molecule has 1 aromatic rings. The Hall–Kier alpha value is -1.36. The van der Waals surface area contributed by atoms with Crippen LogP contribution in [0, 0.1) is 0 Å². The van der Waals surface area contributed by atoms with Crippen LogP contribution in [0.3, 0.4) is 0 Å². The lowest BCUT2D eigenvalue weighted by Crippen LogP contribution is -2.41. The van der Waals surface area contributed by atoms with Gasteiger partial charge < -0.3 is 9.64 Å². The van der Waals surface area contributed by atoms with E-state index in [0.29, 0.717) is 13.2 Å². The van der Waals surface area contributed by atoms with Gasteiger partial charge in [0.25, 0.3) is 5.91 Å². The normalized spacial score (nSPS) is 21.2. The van der Waals surface area contributed by atoms with Gasteiger partial charge in [0.05, 0.1) is 12.2 Å². The molecule has 0 saturated carbocycles. The minimum absolute atomic E-state index is 0.0185. The molecule has 2 heterocycles. The lowest BCUT2D eigenvalue weighted by Gasteiger charge is -2.24. The number of amides is 1. The zero-order valence-corrected chi connectivity index (χ0v) is 13.2. The van der Waals surface area contributed by atoms with Crippen LogP contribution in [0.15, 0.2) is 5.38 Å². The van der Waals surface area contributed by atoms with Crippen LogP contribution in [-0.2, 0) is 22.4 Å². The summed E-state index contributed by atoms with van der Waals surface area (Å²) in [5, 5.41) is 1.98. The molecule has 0 N–H and O–H groups in total. The van der Waals surface area contributed by atoms with Crippen LogP contribution in [0.1, 0.15) is 53.4 Å². The van der Waals surface area contributed by atoms with Crippen molar-refractivity contribution in [2.45, 2.75) is 51.5 Å². The van der Waals surface area contributed by atoms with Crippen LogP contribution < -0.4 is 0 Å². The van der Waals surface area contributed by atoms with Gasteiger partial charge in [-0.1, -0.05) is 0 Å². The molecule has 0 spiro atoms. The highest BCUT2D eigenvalue weighted by Gasteiger charge is 2.36. The van der Waals surface area contributed by atoms with Crippen molar-refractivity contribution in [2.24, 2.45) is 0 Å². The first-order valence-corrected chi connectivity index (χ1v) is 8.67. The Balaban J connectivity index is 1.81. The summed E-state index contributed by atoms with van der Waals surface area (Å²) >= 11 is 1.70. The second-order valence-corrected chi connectivity index (χ2v) is 6.63. The topological polar surface area (TPSA) is 46.6 Å². The number of likely N-dealkylation sites (tertiary alicyclic amines) is 1. The summed E-state index contributed by atoms with van der Waals surface area (Å²) in [6, 6.07) is -0.392. The van der Waals surface area contributed by atoms with Gasteiger partial charge in [0, 0.05) is 16.8 Å². The highest BCUT2D eigenvalue weighted by Crippen LogP contribution is 2.32. The maximum absolute atomic E-state index is 12.8. The van der Waals surface area contributed by atoms with Crippen molar-refractivity contribution < 1.29 is 14.3 Å². The average molecular weight is 307 g/mol. The van der Waals surface area contributed by atoms with Gasteiger partial charge >= 0.3 is 5.97 Å². The molecule has 114 valence electrons. The summed E-state index contributed by atoms with van der Waals surface area (Å²) in [6.07, 6.45) is 6.06. The van der Waals surface area contributed by atoms with Gasteiger partial charge in [-0.3, -0.25) is 4.79 Å². The third kappa shape index (κ3) is 2.71. The van der Waals surface area contributed by atoms with E-state index in [9.17, 15) is 9.59 Å². The number of hydrogen-bond acceptors (Lipinski definition) is 4. The summed E-state index contributed by atoms with van der Waals surface area (Å²) in [4.78, 5) is 27.9. The quantitative estimate of drug-likeness (QED) is 0.807. The van der Waals surface area contributed by atoms with Gasteiger partial charge in [-0.05, 0) is 51.0 Å². The molecule has 1 amide bonds. The minimum atomic E-state index is -0.392. The molecule has 1 aliphatic carbocycles. The van der Waals surface area contributed by atoms with Gasteiger partial charge in [0.2, 0.25) is 0 Å². The first-order valence-electron chi connectivity index (χ1n) is 7.79. The van der Waals surface area contributed by atoms with E-state index in [2.05, 4.69) is 0 Å². The number of thiophene rings is 1. The van der Waals surface area contributed by atoms with Crippen LogP contribution in [0.2, 0.25) is 0 Å². The molecule has 0 bridgehead atoms. The van der Waals surface area contributed by atoms with E-state index in [4.69, 9.17) is 4.74 Å². The largest absolute Gasteiger partial charge is 0.464 e. The second-order valence-electron chi connectivity index (χ2n) is 5.67. The molecule has 1 atom stereocenters. The molecule has 1 fully saturated rings. The molecular formula is C16H21NO3S. The molecule has 1 saturated heterocycles. The fourth-order valence-electron chi connectivity index (χ4n) is 3.32. The first kappa shape index (κ1) is 14.6. The Labute approximate surface area is 129 Å². The standard InChI is InChI=1S/C16H21NO3S/c1-2-20-16(19)13-7-5-9-17(13)15(18)12-10-21-14-8-4-3-6-11(12)14/h10,13H,2-9H2,1H3. The van der Waals surface area contributed by atoms with Gasteiger partial charge in [0.15, 0.2) is 0 Å². The third-order valence-corrected chi connectivity index (χ3v) is 5.45. The van der Waals surface area contributed by atoms with Crippen LogP contribution in [0.25, 0.3) is 0 Å². The van der Waals surface area contributed by atoms with Crippen LogP contribution >= 0.6 is 11.3 Å². The average Bonchev–Trinajstić information content (AvgIpc) is 3.14. The molecule has 5 heteroatoms. The van der Waals surface area contributed by atoms with Crippen molar-refractivity contribution in [3.05, 3.63) is 21.4 Å². The molecule has 3 rings (SSSR count). The Morgan fingerprint density at radius 3 is 2.95 bits per heavy atom. The van der Waals surface area contributed by atoms with Gasteiger partial charge in [-0.2, -0.15) is 0 Å². The van der Waals surface area contributed by atoms with Crippen LogP contribution in [0.5, 0.6) is 0 Å². The van der Waals surface area contributed by atoms with Gasteiger partial charge in [-0.15, -0.1) is 11.3 Å². The van der Waals surface area contributed by atoms with Gasteiger partial charge in [0.1, 0.15) is 6.04 Å². The molecule has 2 aliphatic rings. The second kappa shape index (κ2) is 6.18. The van der Waals surface area contributed by atoms with E-state index in [1.807, 2.05) is 5.38 Å². The predicted molar refractivity (Wildman–Crippen MR) is 81.7 cm³/mol. The summed E-state index contributed by atoms with van der Waals surface area (Å²) in [7, 11) is 0. The molecule has 1 unspecified atom stereocenters. The van der Waals surface area contributed by atoms with E-state index in [0.717, 1.165) is 37.7 Å². The zero-order valence-electron chi connectivity index (χ0n) is 12.4. The Morgan fingerprint density at radius 1 is 1.33 bits per heavy atom. The van der Waals surface area contributed by atoms with Crippen molar-refractivity contribution >= 4 is 23.2 Å². The molecule has 4 nitrogen and oxygen atoms in total. The van der Waals surface area contributed by atoms with Crippen molar-refractivity contribution in [3.63, 3.8) is 0 Å². The fraction of sp³-hybridized carbons (Fsp3) is 0.625. The van der Waals surface area contributed by atoms with Crippen LogP contribution in [0.4, 0.5) is 0 Å². The molecule has 0 radical (unpaired) electrons. The SMILES string of the molecule is CCOC(=O)C1CCCN1C(=O)c1csc2c1CCCC2. The Kier molecular flexibility index (Phi) is 4.29. The third-order valence-electron chi connectivity index (χ3n) is 4.36. The van der Waals surface area contributed by atoms with Crippen LogP contribution in [-0.4, -0.2) is 36.0 Å². The minimum Gasteiger partial charge on any atom is -0.464 e. The summed E-state index contributed by atoms with van der Waals surface area (Å²) in [6.45, 7) is 2.83. The van der Waals surface area contributed by atoms with E-state index in [1.54, 1.807) is 23.2 Å². The number of ether oxygens (including phenoxy) is 1. The molecule has 1 aromatic heterocycles. The number of carbonyl (C=O) groups excluding carboxylic acids is 2. The monoisotopic (exact) mass is 307 g/mol. The first-order chi connectivity index (χ1) is 10.2. The number of aryl methyl sites for hydroxylation is 1. The molecule has 21 heavy (non-hydrogen) atoms. The van der Waals surface area contributed by atoms with Crippen molar-refractivity contribution in [1.29, 1.82) is 0 Å². The summed E-state index contributed by atoms with van der Waals surface area (Å²) < 4.78 is 5.11. The zero-order chi connectivity index (χ0) is 14.8. The van der Waals surface area contributed by atoms with Crippen molar-refractivity contribution in [2.75, 3.05) is 13.2 Å². The fourth-order valence-corrected chi connectivity index (χ4v) is 4.44. The summed E-state index contributed by atoms with van der Waals surface area (Å²) in [5.74, 6) is -0.239. The number of rotatable bonds is 3. The smallest absolute Gasteiger partial charge is 0.328 e. The maximum Gasteiger partial charge on any atom is 0.328 e. The highest BCUT2D eigenvalue weighted by molar-refractivity contribution is 7.10. The van der Waals surface area contributed by atoms with Crippen molar-refractivity contribution in [1.82, 2.24) is 4.90 Å². The number of nitrogens with zero attached hydrogens (tertiary/aromatic N) is 1. The van der Waals surface area contributed by atoms with Crippen molar-refractivity contribution in [3.8, 4) is 0 Å². The molecule has 1 aliphatic heterocycles. The van der Waals surface area contributed by atoms with E-state index < -0.39 is 6.04 Å². The number of fused-ring (bicyclic) bond motifs is 1. The number of esters is 1. The maximum atomic E-state index is 12.8. The Morgan fingerprint density at radius 2 is 2.14 bits per heavy atom. The van der Waals surface area contributed by atoms with E-state index in [1.165, 1.54) is 16.9 Å². The summed E-state index contributed by atoms with van der Waals surface area (Å²) in [5.41, 5.74) is 2.05. The predicted octanol–water partition coefficient (Wildman–Crippen LogP) is 2.79. The molecular weight excluding hydrogens is 286 g/mol. The lowest BCUT2D eigenvalue weighted by molar-refractivity contribution is -0.147. The van der Waals surface area contributed by atoms with Gasteiger partial charge in [-0.25, -0.2) is 4.79 Å². The van der Waals surface area contributed by atoms with E-state index >= 15 is 0 Å². The van der Waals surface area contributed by atoms with E-state index in [-0.39, 0.29) is 11.9 Å². The Bertz CT molecular complexity index is 552. The number of hydrogen-bond donors (Lipinski definition) is 0. The number of carbonyl (C=O) groups is 2.